The van der Waals surface area contributed by atoms with Gasteiger partial charge in [-0.1, -0.05) is 48.5 Å². The average Bonchev–Trinajstić information content (AvgIpc) is 2.99. The largest absolute Gasteiger partial charge is 0.481 e. The summed E-state index contributed by atoms with van der Waals surface area (Å²) < 4.78 is 5.37. The summed E-state index contributed by atoms with van der Waals surface area (Å²) in [4.78, 5) is 36.6. The topological polar surface area (TPSA) is 95.9 Å². The Hall–Kier alpha value is -3.35. The van der Waals surface area contributed by atoms with Gasteiger partial charge in [-0.25, -0.2) is 4.79 Å². The fourth-order valence-electron chi connectivity index (χ4n) is 3.47. The molecule has 0 saturated carbocycles. The molecule has 2 amide bonds. The van der Waals surface area contributed by atoms with Crippen molar-refractivity contribution in [3.63, 3.8) is 0 Å². The molecule has 0 fully saturated rings. The summed E-state index contributed by atoms with van der Waals surface area (Å²) in [6, 6.07) is 14.7. The molecular weight excluding hydrogens is 360 g/mol. The number of ether oxygens (including phenoxy) is 1. The lowest BCUT2D eigenvalue weighted by Gasteiger charge is -2.21. The Labute approximate surface area is 162 Å². The molecule has 0 aliphatic heterocycles. The van der Waals surface area contributed by atoms with Gasteiger partial charge in [0.2, 0.25) is 5.91 Å². The number of amides is 2. The first-order valence-corrected chi connectivity index (χ1v) is 8.93. The third-order valence-electron chi connectivity index (χ3n) is 4.75. The van der Waals surface area contributed by atoms with E-state index >= 15 is 0 Å². The molecule has 7 heteroatoms. The number of benzene rings is 2. The van der Waals surface area contributed by atoms with Crippen LogP contribution < -0.4 is 5.32 Å². The SMILES string of the molecule is CN(C)C(=O)C(CC(=O)O)NC(=O)OCC1c2ccccc2-c2ccccc21. The number of hydrogen-bond acceptors (Lipinski definition) is 4. The van der Waals surface area contributed by atoms with Crippen molar-refractivity contribution < 1.29 is 24.2 Å². The van der Waals surface area contributed by atoms with Crippen molar-refractivity contribution in [3.05, 3.63) is 59.7 Å². The number of aliphatic carboxylic acids is 1. The quantitative estimate of drug-likeness (QED) is 0.800. The van der Waals surface area contributed by atoms with Gasteiger partial charge in [0.15, 0.2) is 0 Å². The molecule has 2 aromatic rings. The van der Waals surface area contributed by atoms with E-state index in [0.717, 1.165) is 22.3 Å². The molecule has 3 rings (SSSR count). The lowest BCUT2D eigenvalue weighted by atomic mass is 9.98. The van der Waals surface area contributed by atoms with E-state index < -0.39 is 30.4 Å². The first-order valence-electron chi connectivity index (χ1n) is 8.93. The summed E-state index contributed by atoms with van der Waals surface area (Å²) >= 11 is 0. The van der Waals surface area contributed by atoms with Crippen LogP contribution >= 0.6 is 0 Å². The molecule has 28 heavy (non-hydrogen) atoms. The molecule has 0 bridgehead atoms. The van der Waals surface area contributed by atoms with Crippen molar-refractivity contribution in [2.45, 2.75) is 18.4 Å². The maximum absolute atomic E-state index is 12.2. The van der Waals surface area contributed by atoms with Gasteiger partial charge in [-0.3, -0.25) is 9.59 Å². The molecule has 0 spiro atoms. The number of nitrogens with one attached hydrogen (secondary N) is 1. The van der Waals surface area contributed by atoms with Crippen molar-refractivity contribution in [1.82, 2.24) is 10.2 Å². The zero-order chi connectivity index (χ0) is 20.3. The predicted molar refractivity (Wildman–Crippen MR) is 103 cm³/mol. The van der Waals surface area contributed by atoms with Gasteiger partial charge >= 0.3 is 12.1 Å². The molecule has 1 atom stereocenters. The van der Waals surface area contributed by atoms with Gasteiger partial charge in [0.1, 0.15) is 12.6 Å². The van der Waals surface area contributed by atoms with E-state index in [1.807, 2.05) is 48.5 Å². The minimum Gasteiger partial charge on any atom is -0.481 e. The molecule has 0 radical (unpaired) electrons. The lowest BCUT2D eigenvalue weighted by Crippen LogP contribution is -2.47. The van der Waals surface area contributed by atoms with Crippen LogP contribution in [0.25, 0.3) is 11.1 Å². The molecule has 1 aliphatic rings. The van der Waals surface area contributed by atoms with Crippen LogP contribution in [0.1, 0.15) is 23.5 Å². The Balaban J connectivity index is 1.70. The number of carbonyl (C=O) groups excluding carboxylic acids is 2. The average molecular weight is 382 g/mol. The summed E-state index contributed by atoms with van der Waals surface area (Å²) in [5.74, 6) is -1.80. The Bertz CT molecular complexity index is 864. The van der Waals surface area contributed by atoms with Gasteiger partial charge in [0.25, 0.3) is 0 Å². The third kappa shape index (κ3) is 3.98. The van der Waals surface area contributed by atoms with Gasteiger partial charge in [0, 0.05) is 20.0 Å². The number of carboxylic acid groups (broad SMARTS) is 1. The number of hydrogen-bond donors (Lipinski definition) is 2. The molecule has 146 valence electrons. The first kappa shape index (κ1) is 19.4. The van der Waals surface area contributed by atoms with E-state index in [4.69, 9.17) is 9.84 Å². The Kier molecular flexibility index (Phi) is 5.63. The summed E-state index contributed by atoms with van der Waals surface area (Å²) in [6.07, 6.45) is -1.33. The van der Waals surface area contributed by atoms with E-state index in [0.29, 0.717) is 0 Å². The van der Waals surface area contributed by atoms with Crippen LogP contribution in [0, 0.1) is 0 Å². The zero-order valence-corrected chi connectivity index (χ0v) is 15.7. The fraction of sp³-hybridized carbons (Fsp3) is 0.286. The monoisotopic (exact) mass is 382 g/mol. The standard InChI is InChI=1S/C21H22N2O5/c1-23(2)20(26)18(11-19(24)25)22-21(27)28-12-17-15-9-5-3-7-13(15)14-8-4-6-10-16(14)17/h3-10,17-18H,11-12H2,1-2H3,(H,22,27)(H,24,25). The molecule has 0 saturated heterocycles. The van der Waals surface area contributed by atoms with Crippen LogP contribution in [0.5, 0.6) is 0 Å². The number of carboxylic acids is 1. The van der Waals surface area contributed by atoms with Gasteiger partial charge < -0.3 is 20.1 Å². The molecular formula is C21H22N2O5. The Morgan fingerprint density at radius 2 is 1.57 bits per heavy atom. The number of carbonyl (C=O) groups is 3. The number of fused-ring (bicyclic) bond motifs is 3. The molecule has 7 nitrogen and oxygen atoms in total. The van der Waals surface area contributed by atoms with Crippen LogP contribution in [0.2, 0.25) is 0 Å². The third-order valence-corrected chi connectivity index (χ3v) is 4.75. The highest BCUT2D eigenvalue weighted by atomic mass is 16.5. The second-order valence-electron chi connectivity index (χ2n) is 6.85. The van der Waals surface area contributed by atoms with Crippen LogP contribution in [-0.4, -0.2) is 54.7 Å². The maximum Gasteiger partial charge on any atom is 0.407 e. The maximum atomic E-state index is 12.2. The van der Waals surface area contributed by atoms with Gasteiger partial charge in [-0.2, -0.15) is 0 Å². The van der Waals surface area contributed by atoms with E-state index in [1.165, 1.54) is 19.0 Å². The van der Waals surface area contributed by atoms with Crippen molar-refractivity contribution in [2.75, 3.05) is 20.7 Å². The minimum atomic E-state index is -1.18. The normalized spacial score (nSPS) is 13.2. The molecule has 1 unspecified atom stereocenters. The smallest absolute Gasteiger partial charge is 0.407 e. The summed E-state index contributed by atoms with van der Waals surface area (Å²) in [5, 5.41) is 11.4. The van der Waals surface area contributed by atoms with Crippen molar-refractivity contribution in [3.8, 4) is 11.1 Å². The van der Waals surface area contributed by atoms with Crippen LogP contribution in [0.3, 0.4) is 0 Å². The highest BCUT2D eigenvalue weighted by Gasteiger charge is 2.30. The highest BCUT2D eigenvalue weighted by Crippen LogP contribution is 2.44. The minimum absolute atomic E-state index is 0.0931. The summed E-state index contributed by atoms with van der Waals surface area (Å²) in [6.45, 7) is 0.0931. The number of likely N-dealkylation sites (N-methyl/N-ethyl adjacent to an activating group) is 1. The van der Waals surface area contributed by atoms with Gasteiger partial charge in [-0.15, -0.1) is 0 Å². The zero-order valence-electron chi connectivity index (χ0n) is 15.7. The lowest BCUT2D eigenvalue weighted by molar-refractivity contribution is -0.141. The molecule has 2 aromatic carbocycles. The summed E-state index contributed by atoms with van der Waals surface area (Å²) in [7, 11) is 2.99. The fourth-order valence-corrected chi connectivity index (χ4v) is 3.47. The Morgan fingerprint density at radius 3 is 2.07 bits per heavy atom. The van der Waals surface area contributed by atoms with E-state index in [1.54, 1.807) is 0 Å². The van der Waals surface area contributed by atoms with Gasteiger partial charge in [0.05, 0.1) is 6.42 Å². The van der Waals surface area contributed by atoms with Crippen molar-refractivity contribution in [1.29, 1.82) is 0 Å². The van der Waals surface area contributed by atoms with E-state index in [-0.39, 0.29) is 12.5 Å². The van der Waals surface area contributed by atoms with E-state index in [2.05, 4.69) is 5.32 Å². The molecule has 0 aromatic heterocycles. The summed E-state index contributed by atoms with van der Waals surface area (Å²) in [5.41, 5.74) is 4.36. The van der Waals surface area contributed by atoms with Crippen LogP contribution in [0.15, 0.2) is 48.5 Å². The van der Waals surface area contributed by atoms with E-state index in [9.17, 15) is 14.4 Å². The van der Waals surface area contributed by atoms with Crippen LogP contribution in [-0.2, 0) is 14.3 Å². The van der Waals surface area contributed by atoms with Crippen molar-refractivity contribution in [2.24, 2.45) is 0 Å². The highest BCUT2D eigenvalue weighted by molar-refractivity contribution is 5.89. The predicted octanol–water partition coefficient (Wildman–Crippen LogP) is 2.46. The first-order chi connectivity index (χ1) is 13.4. The number of alkyl carbamates (subject to hydrolysis) is 1. The second kappa shape index (κ2) is 8.12. The van der Waals surface area contributed by atoms with Gasteiger partial charge in [-0.05, 0) is 22.3 Å². The molecule has 0 heterocycles. The number of nitrogens with zero attached hydrogens (tertiary/aromatic N) is 1. The number of rotatable bonds is 6. The van der Waals surface area contributed by atoms with Crippen molar-refractivity contribution >= 4 is 18.0 Å². The second-order valence-corrected chi connectivity index (χ2v) is 6.85. The Morgan fingerprint density at radius 1 is 1.04 bits per heavy atom. The molecule has 2 N–H and O–H groups in total. The molecule has 1 aliphatic carbocycles. The van der Waals surface area contributed by atoms with Crippen LogP contribution in [0.4, 0.5) is 4.79 Å².